The lowest BCUT2D eigenvalue weighted by molar-refractivity contribution is -0.158. The standard InChI is InChI=1S/C38H41BIN2O10P/c1-24-21-42(37(46)41-36(24)45)33-20-31(52-35(44)19-18-34(43)49-22-25(2)53(39)40)32(51-33)23-50-38(26-8-6-5-7-9-26,27-10-14-29(47-3)15-11-27)28-12-16-30(48-4)17-13-28/h5-17,21,25,31-33H,18-20,22-23H2,1-4H3,(H,41,45,46)/t25?,31-,32-,33-,53?/m1/s1. The summed E-state index contributed by atoms with van der Waals surface area (Å²) >= 11 is 2.12. The van der Waals surface area contributed by atoms with Gasteiger partial charge in [0.2, 0.25) is 0 Å². The summed E-state index contributed by atoms with van der Waals surface area (Å²) in [6.07, 6.45) is -1.58. The second-order valence-corrected chi connectivity index (χ2v) is 17.5. The summed E-state index contributed by atoms with van der Waals surface area (Å²) in [5.41, 5.74) is -0.502. The van der Waals surface area contributed by atoms with Crippen molar-refractivity contribution in [3.05, 3.63) is 128 Å². The summed E-state index contributed by atoms with van der Waals surface area (Å²) in [6.45, 7) is 3.53. The van der Waals surface area contributed by atoms with Gasteiger partial charge in [-0.3, -0.25) is 23.9 Å². The lowest BCUT2D eigenvalue weighted by atomic mass is 9.80. The van der Waals surface area contributed by atoms with Crippen molar-refractivity contribution in [2.45, 2.75) is 62.8 Å². The minimum absolute atomic E-state index is 0.00799. The average Bonchev–Trinajstić information content (AvgIpc) is 3.57. The molecule has 3 aromatic carbocycles. The number of nitrogens with one attached hydrogen (secondary N) is 1. The largest absolute Gasteiger partial charge is 0.497 e. The Bertz CT molecular complexity index is 1910. The van der Waals surface area contributed by atoms with Crippen LogP contribution in [0.4, 0.5) is 0 Å². The number of rotatable bonds is 16. The Morgan fingerprint density at radius 3 is 2.08 bits per heavy atom. The van der Waals surface area contributed by atoms with E-state index in [1.54, 1.807) is 21.1 Å². The van der Waals surface area contributed by atoms with E-state index in [9.17, 15) is 19.2 Å². The van der Waals surface area contributed by atoms with Crippen LogP contribution < -0.4 is 20.7 Å². The number of methoxy groups -OCH3 is 2. The van der Waals surface area contributed by atoms with Crippen LogP contribution in [0.5, 0.6) is 11.5 Å². The van der Waals surface area contributed by atoms with E-state index in [1.165, 1.54) is 10.8 Å². The van der Waals surface area contributed by atoms with E-state index in [1.807, 2.05) is 85.8 Å². The van der Waals surface area contributed by atoms with Gasteiger partial charge in [0.05, 0.1) is 40.3 Å². The molecule has 1 aromatic heterocycles. The van der Waals surface area contributed by atoms with E-state index in [2.05, 4.69) is 27.0 Å². The predicted molar refractivity (Wildman–Crippen MR) is 209 cm³/mol. The molecule has 278 valence electrons. The van der Waals surface area contributed by atoms with Crippen molar-refractivity contribution in [3.8, 4) is 11.5 Å². The first kappa shape index (κ1) is 40.2. The lowest BCUT2D eigenvalue weighted by Gasteiger charge is -2.37. The third kappa shape index (κ3) is 9.77. The molecule has 0 saturated carbocycles. The number of aromatic amines is 1. The monoisotopic (exact) mass is 854 g/mol. The summed E-state index contributed by atoms with van der Waals surface area (Å²) in [5, 5.41) is 0. The summed E-state index contributed by atoms with van der Waals surface area (Å²) in [5.74, 6) is 0.140. The van der Waals surface area contributed by atoms with E-state index >= 15 is 0 Å². The number of esters is 2. The molecule has 2 heterocycles. The van der Waals surface area contributed by atoms with Gasteiger partial charge in [-0.1, -0.05) is 89.0 Å². The Labute approximate surface area is 323 Å². The highest BCUT2D eigenvalue weighted by molar-refractivity contribution is 14.2. The summed E-state index contributed by atoms with van der Waals surface area (Å²) in [7, 11) is 9.10. The van der Waals surface area contributed by atoms with Gasteiger partial charge in [0.1, 0.15) is 43.1 Å². The molecule has 15 heteroatoms. The molecule has 0 bridgehead atoms. The number of hydrogen-bond acceptors (Lipinski definition) is 10. The van der Waals surface area contributed by atoms with Gasteiger partial charge in [-0.2, -0.15) is 0 Å². The first-order chi connectivity index (χ1) is 25.4. The van der Waals surface area contributed by atoms with Gasteiger partial charge in [-0.05, 0) is 47.9 Å². The number of carbonyl (C=O) groups excluding carboxylic acids is 2. The number of H-pyrrole nitrogens is 1. The zero-order valence-electron chi connectivity index (χ0n) is 29.9. The van der Waals surface area contributed by atoms with E-state index in [-0.39, 0.29) is 38.1 Å². The van der Waals surface area contributed by atoms with E-state index in [0.717, 1.165) is 16.7 Å². The molecule has 1 fully saturated rings. The van der Waals surface area contributed by atoms with Crippen molar-refractivity contribution in [1.82, 2.24) is 9.55 Å². The third-order valence-corrected chi connectivity index (χ3v) is 12.8. The first-order valence-electron chi connectivity index (χ1n) is 17.0. The van der Waals surface area contributed by atoms with Crippen LogP contribution in [0.3, 0.4) is 0 Å². The highest BCUT2D eigenvalue weighted by atomic mass is 127. The van der Waals surface area contributed by atoms with Crippen LogP contribution in [-0.4, -0.2) is 74.4 Å². The smallest absolute Gasteiger partial charge is 0.330 e. The van der Waals surface area contributed by atoms with Crippen LogP contribution in [0.2, 0.25) is 0 Å². The second-order valence-electron chi connectivity index (χ2n) is 12.6. The zero-order chi connectivity index (χ0) is 38.1. The third-order valence-electron chi connectivity index (χ3n) is 9.00. The summed E-state index contributed by atoms with van der Waals surface area (Å²) in [6, 6.07) is 24.7. The van der Waals surface area contributed by atoms with Crippen LogP contribution >= 0.6 is 27.5 Å². The molecule has 2 unspecified atom stereocenters. The average molecular weight is 854 g/mol. The molecule has 12 nitrogen and oxygen atoms in total. The molecule has 1 aliphatic heterocycles. The fourth-order valence-electron chi connectivity index (χ4n) is 6.02. The molecule has 0 spiro atoms. The van der Waals surface area contributed by atoms with Crippen molar-refractivity contribution in [2.24, 2.45) is 0 Å². The number of aryl methyl sites for hydroxylation is 1. The molecule has 0 aliphatic carbocycles. The molecular weight excluding hydrogens is 813 g/mol. The minimum atomic E-state index is -1.20. The molecule has 1 aliphatic rings. The Morgan fingerprint density at radius 2 is 1.51 bits per heavy atom. The van der Waals surface area contributed by atoms with Gasteiger partial charge < -0.3 is 28.4 Å². The normalized spacial score (nSPS) is 18.2. The number of benzene rings is 3. The van der Waals surface area contributed by atoms with Crippen LogP contribution in [-0.2, 0) is 34.1 Å². The Morgan fingerprint density at radius 1 is 0.943 bits per heavy atom. The molecule has 5 rings (SSSR count). The number of aromatic nitrogens is 2. The van der Waals surface area contributed by atoms with E-state index in [4.69, 9.17) is 36.0 Å². The van der Waals surface area contributed by atoms with Crippen LogP contribution in [0.15, 0.2) is 94.6 Å². The minimum Gasteiger partial charge on any atom is -0.497 e. The highest BCUT2D eigenvalue weighted by Gasteiger charge is 2.44. The quantitative estimate of drug-likeness (QED) is 0.0491. The summed E-state index contributed by atoms with van der Waals surface area (Å²) in [4.78, 5) is 53.0. The van der Waals surface area contributed by atoms with Crippen LogP contribution in [0, 0.1) is 6.92 Å². The van der Waals surface area contributed by atoms with Crippen molar-refractivity contribution in [1.29, 1.82) is 0 Å². The molecular formula is C38H41BIN2O10P. The fraction of sp³-hybridized carbons (Fsp3) is 0.368. The molecule has 2 radical (unpaired) electrons. The Kier molecular flexibility index (Phi) is 13.9. The first-order valence-corrected chi connectivity index (χ1v) is 21.2. The van der Waals surface area contributed by atoms with Crippen LogP contribution in [0.25, 0.3) is 0 Å². The van der Waals surface area contributed by atoms with Gasteiger partial charge in [0.25, 0.3) is 5.56 Å². The topological polar surface area (TPSA) is 144 Å². The van der Waals surface area contributed by atoms with Gasteiger partial charge >= 0.3 is 17.6 Å². The van der Waals surface area contributed by atoms with E-state index < -0.39 is 52.7 Å². The Hall–Kier alpha value is -3.98. The maximum Gasteiger partial charge on any atom is 0.330 e. The molecule has 5 atom stereocenters. The number of ether oxygens (including phenoxy) is 6. The Balaban J connectivity index is 1.47. The number of carbonyl (C=O) groups is 2. The zero-order valence-corrected chi connectivity index (χ0v) is 32.9. The van der Waals surface area contributed by atoms with Gasteiger partial charge in [0, 0.05) is 23.8 Å². The lowest BCUT2D eigenvalue weighted by Crippen LogP contribution is -2.39. The fourth-order valence-corrected chi connectivity index (χ4v) is 6.71. The molecule has 0 amide bonds. The maximum absolute atomic E-state index is 13.2. The van der Waals surface area contributed by atoms with Crippen LogP contribution in [0.1, 0.15) is 54.7 Å². The van der Waals surface area contributed by atoms with Gasteiger partial charge in [-0.15, -0.1) is 0 Å². The number of nitrogens with zero attached hydrogens (tertiary/aromatic N) is 1. The highest BCUT2D eigenvalue weighted by Crippen LogP contribution is 2.45. The number of halogens is 1. The molecule has 1 saturated heterocycles. The molecule has 1 N–H and O–H groups in total. The van der Waals surface area contributed by atoms with Crippen molar-refractivity contribution >= 4 is 47.0 Å². The second kappa shape index (κ2) is 18.4. The summed E-state index contributed by atoms with van der Waals surface area (Å²) < 4.78 is 36.9. The SMILES string of the molecule is [B]P(I)C(C)COC(=O)CCC(=O)O[C@@H]1C[C@H](n2cc(C)c(=O)[nH]c2=O)O[C@@H]1COC(c1ccccc1)(c1ccc(OC)cc1)c1ccc(OC)cc1. The maximum atomic E-state index is 13.2. The van der Waals surface area contributed by atoms with Gasteiger partial charge in [-0.25, -0.2) is 4.79 Å². The molecule has 53 heavy (non-hydrogen) atoms. The van der Waals surface area contributed by atoms with Crippen molar-refractivity contribution < 1.29 is 38.0 Å². The van der Waals surface area contributed by atoms with Crippen molar-refractivity contribution in [2.75, 3.05) is 27.4 Å². The number of hydrogen-bond donors (Lipinski definition) is 1. The predicted octanol–water partition coefficient (Wildman–Crippen LogP) is 5.70. The van der Waals surface area contributed by atoms with Gasteiger partial charge in [0.15, 0.2) is 0 Å². The van der Waals surface area contributed by atoms with Crippen molar-refractivity contribution in [3.63, 3.8) is 0 Å². The molecule has 4 aromatic rings. The van der Waals surface area contributed by atoms with E-state index in [0.29, 0.717) is 17.1 Å².